The lowest BCUT2D eigenvalue weighted by atomic mass is 9.81. The minimum Gasteiger partial charge on any atom is -0.507 e. The van der Waals surface area contributed by atoms with E-state index in [1.54, 1.807) is 12.3 Å². The molecule has 0 radical (unpaired) electrons. The molecule has 2 heterocycles. The summed E-state index contributed by atoms with van der Waals surface area (Å²) in [5.41, 5.74) is 3.73. The molecule has 1 aliphatic heterocycles. The number of nitrogens with one attached hydrogen (secondary N) is 2. The van der Waals surface area contributed by atoms with E-state index in [0.29, 0.717) is 0 Å². The van der Waals surface area contributed by atoms with Crippen molar-refractivity contribution in [3.05, 3.63) is 54.9 Å². The minimum absolute atomic E-state index is 0.0505. The van der Waals surface area contributed by atoms with Crippen molar-refractivity contribution in [2.24, 2.45) is 0 Å². The topological polar surface area (TPSA) is 70.2 Å². The third-order valence-electron chi connectivity index (χ3n) is 5.45. The second kappa shape index (κ2) is 7.23. The molecule has 5 nitrogen and oxygen atoms in total. The Morgan fingerprint density at radius 1 is 0.931 bits per heavy atom. The van der Waals surface area contributed by atoms with Crippen molar-refractivity contribution < 1.29 is 9.84 Å². The monoisotopic (exact) mass is 391 g/mol. The molecule has 29 heavy (non-hydrogen) atoms. The van der Waals surface area contributed by atoms with E-state index in [9.17, 15) is 5.11 Å². The highest BCUT2D eigenvalue weighted by Gasteiger charge is 2.38. The summed E-state index contributed by atoms with van der Waals surface area (Å²) in [7, 11) is 0. The fourth-order valence-corrected chi connectivity index (χ4v) is 4.58. The fraction of sp³-hybridized carbons (Fsp3) is 0.375. The number of piperidine rings is 1. The quantitative estimate of drug-likeness (QED) is 0.576. The second-order valence-corrected chi connectivity index (χ2v) is 9.28. The maximum atomic E-state index is 10.5. The van der Waals surface area contributed by atoms with Crippen molar-refractivity contribution in [2.45, 2.75) is 57.7 Å². The number of aromatic nitrogens is 2. The van der Waals surface area contributed by atoms with Crippen LogP contribution in [0.15, 0.2) is 54.9 Å². The van der Waals surface area contributed by atoms with Gasteiger partial charge in [0.1, 0.15) is 17.6 Å². The summed E-state index contributed by atoms with van der Waals surface area (Å²) in [6.07, 6.45) is 5.66. The van der Waals surface area contributed by atoms with Gasteiger partial charge < -0.3 is 15.2 Å². The van der Waals surface area contributed by atoms with Crippen LogP contribution in [0.2, 0.25) is 0 Å². The van der Waals surface area contributed by atoms with E-state index >= 15 is 0 Å². The maximum Gasteiger partial charge on any atom is 0.124 e. The zero-order chi connectivity index (χ0) is 20.6. The van der Waals surface area contributed by atoms with Crippen molar-refractivity contribution >= 4 is 0 Å². The van der Waals surface area contributed by atoms with Gasteiger partial charge in [0.15, 0.2) is 0 Å². The lowest BCUT2D eigenvalue weighted by Gasteiger charge is -2.46. The van der Waals surface area contributed by atoms with Gasteiger partial charge in [-0.05, 0) is 57.0 Å². The number of aromatic amines is 1. The Labute approximate surface area is 172 Å². The Morgan fingerprint density at radius 2 is 1.59 bits per heavy atom. The normalized spacial score (nSPS) is 18.5. The molecule has 0 unspecified atom stereocenters. The Kier molecular flexibility index (Phi) is 4.87. The van der Waals surface area contributed by atoms with E-state index < -0.39 is 0 Å². The number of hydrogen-bond donors (Lipinski definition) is 3. The highest BCUT2D eigenvalue weighted by molar-refractivity contribution is 5.75. The zero-order valence-electron chi connectivity index (χ0n) is 17.5. The van der Waals surface area contributed by atoms with Gasteiger partial charge in [-0.2, -0.15) is 5.10 Å². The van der Waals surface area contributed by atoms with Crippen molar-refractivity contribution in [1.29, 1.82) is 0 Å². The van der Waals surface area contributed by atoms with Crippen LogP contribution in [0.1, 0.15) is 40.5 Å². The van der Waals surface area contributed by atoms with Gasteiger partial charge in [-0.1, -0.05) is 24.3 Å². The first-order chi connectivity index (χ1) is 13.7. The maximum absolute atomic E-state index is 10.5. The summed E-state index contributed by atoms with van der Waals surface area (Å²) in [5.74, 6) is 1.11. The first kappa shape index (κ1) is 19.5. The van der Waals surface area contributed by atoms with Gasteiger partial charge in [-0.25, -0.2) is 0 Å². The summed E-state index contributed by atoms with van der Waals surface area (Å²) in [4.78, 5) is 0. The molecule has 5 heteroatoms. The van der Waals surface area contributed by atoms with E-state index in [2.05, 4.69) is 43.2 Å². The number of aromatic hydroxyl groups is 1. The number of benzene rings is 2. The Bertz CT molecular complexity index is 960. The van der Waals surface area contributed by atoms with Gasteiger partial charge in [0.05, 0.1) is 6.20 Å². The molecule has 0 bridgehead atoms. The molecule has 1 aromatic heterocycles. The molecule has 1 aliphatic rings. The number of hydrogen-bond acceptors (Lipinski definition) is 4. The molecule has 0 atom stereocenters. The van der Waals surface area contributed by atoms with Crippen LogP contribution in [0.4, 0.5) is 0 Å². The van der Waals surface area contributed by atoms with Crippen molar-refractivity contribution in [3.63, 3.8) is 0 Å². The molecule has 4 rings (SSSR count). The molecule has 1 saturated heterocycles. The highest BCUT2D eigenvalue weighted by Crippen LogP contribution is 2.35. The molecule has 0 aliphatic carbocycles. The van der Waals surface area contributed by atoms with Crippen LogP contribution in [0, 0.1) is 0 Å². The van der Waals surface area contributed by atoms with E-state index in [-0.39, 0.29) is 22.9 Å². The summed E-state index contributed by atoms with van der Waals surface area (Å²) in [6, 6.07) is 13.7. The van der Waals surface area contributed by atoms with Crippen LogP contribution < -0.4 is 10.1 Å². The molecule has 3 aromatic rings. The number of rotatable bonds is 4. The lowest BCUT2D eigenvalue weighted by molar-refractivity contribution is 0.0559. The third kappa shape index (κ3) is 4.46. The first-order valence-electron chi connectivity index (χ1n) is 10.1. The number of nitrogens with zero attached hydrogens (tertiary/aromatic N) is 1. The number of phenolic OH excluding ortho intramolecular Hbond substituents is 1. The van der Waals surface area contributed by atoms with Crippen LogP contribution in [0.25, 0.3) is 22.3 Å². The molecule has 3 N–H and O–H groups in total. The highest BCUT2D eigenvalue weighted by atomic mass is 16.5. The summed E-state index contributed by atoms with van der Waals surface area (Å²) >= 11 is 0. The third-order valence-corrected chi connectivity index (χ3v) is 5.45. The molecule has 1 fully saturated rings. The van der Waals surface area contributed by atoms with Crippen LogP contribution in [-0.2, 0) is 0 Å². The largest absolute Gasteiger partial charge is 0.507 e. The van der Waals surface area contributed by atoms with Gasteiger partial charge in [0.2, 0.25) is 0 Å². The average Bonchev–Trinajstić information content (AvgIpc) is 3.14. The number of H-pyrrole nitrogens is 1. The van der Waals surface area contributed by atoms with Crippen LogP contribution >= 0.6 is 0 Å². The standard InChI is InChI=1S/C24H29N3O2/c1-23(2)12-20(13-24(3,4)27-23)29-19-8-5-16(6-9-19)21-10-7-17(11-22(21)28)18-14-25-26-15-18/h5-11,14-15,20,27-28H,12-13H2,1-4H3,(H,25,26). The summed E-state index contributed by atoms with van der Waals surface area (Å²) < 4.78 is 6.30. The summed E-state index contributed by atoms with van der Waals surface area (Å²) in [6.45, 7) is 8.90. The SMILES string of the molecule is CC1(C)CC(Oc2ccc(-c3ccc(-c4cn[nH]c4)cc3O)cc2)CC(C)(C)N1. The number of phenols is 1. The van der Waals surface area contributed by atoms with Crippen LogP contribution in [0.3, 0.4) is 0 Å². The summed E-state index contributed by atoms with van der Waals surface area (Å²) in [5, 5.41) is 21.0. The second-order valence-electron chi connectivity index (χ2n) is 9.28. The number of ether oxygens (including phenoxy) is 1. The molecular weight excluding hydrogens is 362 g/mol. The molecule has 0 saturated carbocycles. The van der Waals surface area contributed by atoms with E-state index in [0.717, 1.165) is 40.8 Å². The molecule has 0 amide bonds. The van der Waals surface area contributed by atoms with E-state index in [1.165, 1.54) is 0 Å². The first-order valence-corrected chi connectivity index (χ1v) is 10.1. The molecule has 0 spiro atoms. The minimum atomic E-state index is 0.0505. The Hall–Kier alpha value is -2.79. The van der Waals surface area contributed by atoms with Crippen LogP contribution in [-0.4, -0.2) is 32.5 Å². The van der Waals surface area contributed by atoms with Crippen molar-refractivity contribution in [2.75, 3.05) is 0 Å². The molecule has 152 valence electrons. The smallest absolute Gasteiger partial charge is 0.124 e. The van der Waals surface area contributed by atoms with E-state index in [1.807, 2.05) is 42.6 Å². The Morgan fingerprint density at radius 3 is 2.17 bits per heavy atom. The Balaban J connectivity index is 1.50. The zero-order valence-corrected chi connectivity index (χ0v) is 17.5. The van der Waals surface area contributed by atoms with Crippen molar-refractivity contribution in [3.8, 4) is 33.8 Å². The predicted molar refractivity (Wildman–Crippen MR) is 116 cm³/mol. The van der Waals surface area contributed by atoms with Gasteiger partial charge in [-0.3, -0.25) is 5.10 Å². The van der Waals surface area contributed by atoms with Gasteiger partial charge in [-0.15, -0.1) is 0 Å². The van der Waals surface area contributed by atoms with Crippen molar-refractivity contribution in [1.82, 2.24) is 15.5 Å². The van der Waals surface area contributed by atoms with E-state index in [4.69, 9.17) is 4.74 Å². The molecule has 2 aromatic carbocycles. The average molecular weight is 392 g/mol. The van der Waals surface area contributed by atoms with Gasteiger partial charge >= 0.3 is 0 Å². The molecular formula is C24H29N3O2. The fourth-order valence-electron chi connectivity index (χ4n) is 4.58. The van der Waals surface area contributed by atoms with Gasteiger partial charge in [0, 0.05) is 41.2 Å². The lowest BCUT2D eigenvalue weighted by Crippen LogP contribution is -2.60. The van der Waals surface area contributed by atoms with Gasteiger partial charge in [0.25, 0.3) is 0 Å². The van der Waals surface area contributed by atoms with Crippen LogP contribution in [0.5, 0.6) is 11.5 Å². The predicted octanol–water partition coefficient (Wildman–Crippen LogP) is 5.14.